The van der Waals surface area contributed by atoms with Gasteiger partial charge in [0.2, 0.25) is 0 Å². The minimum atomic E-state index is -0.609. The Bertz CT molecular complexity index is 379. The van der Waals surface area contributed by atoms with Crippen LogP contribution in [0.5, 0.6) is 0 Å². The van der Waals surface area contributed by atoms with Crippen LogP contribution in [-0.2, 0) is 4.74 Å². The van der Waals surface area contributed by atoms with Gasteiger partial charge >= 0.3 is 0 Å². The molecule has 3 atom stereocenters. The highest BCUT2D eigenvalue weighted by molar-refractivity contribution is 7.10. The van der Waals surface area contributed by atoms with Crippen LogP contribution in [0.3, 0.4) is 0 Å². The van der Waals surface area contributed by atoms with Crippen molar-refractivity contribution in [1.82, 2.24) is 0 Å². The Morgan fingerprint density at radius 1 is 1.65 bits per heavy atom. The molecular formula is C13H19ClO2S. The van der Waals surface area contributed by atoms with E-state index >= 15 is 0 Å². The van der Waals surface area contributed by atoms with E-state index in [1.165, 1.54) is 17.8 Å². The molecule has 1 heterocycles. The van der Waals surface area contributed by atoms with Gasteiger partial charge in [0.25, 0.3) is 0 Å². The van der Waals surface area contributed by atoms with Crippen molar-refractivity contribution < 1.29 is 9.84 Å². The molecule has 4 heteroatoms. The minimum Gasteiger partial charge on any atom is -0.384 e. The molecule has 0 spiro atoms. The number of ether oxygens (including phenoxy) is 1. The lowest BCUT2D eigenvalue weighted by Gasteiger charge is -2.42. The third-order valence-electron chi connectivity index (χ3n) is 3.79. The van der Waals surface area contributed by atoms with Gasteiger partial charge in [-0.2, -0.15) is 0 Å². The molecule has 2 rings (SSSR count). The first-order valence-electron chi connectivity index (χ1n) is 6.05. The maximum absolute atomic E-state index is 10.6. The van der Waals surface area contributed by atoms with E-state index in [1.54, 1.807) is 7.11 Å². The summed E-state index contributed by atoms with van der Waals surface area (Å²) in [6.07, 6.45) is 3.52. The lowest BCUT2D eigenvalue weighted by Crippen LogP contribution is -2.42. The zero-order valence-electron chi connectivity index (χ0n) is 10.3. The quantitative estimate of drug-likeness (QED) is 0.902. The summed E-state index contributed by atoms with van der Waals surface area (Å²) < 4.78 is 5.69. The summed E-state index contributed by atoms with van der Waals surface area (Å²) in [7, 11) is 1.70. The molecule has 0 radical (unpaired) electrons. The van der Waals surface area contributed by atoms with Crippen molar-refractivity contribution in [1.29, 1.82) is 0 Å². The Hall–Kier alpha value is -0.0900. The molecule has 1 saturated carbocycles. The summed E-state index contributed by atoms with van der Waals surface area (Å²) in [6.45, 7) is 2.22. The normalized spacial score (nSPS) is 31.4. The van der Waals surface area contributed by atoms with Gasteiger partial charge in [-0.3, -0.25) is 0 Å². The van der Waals surface area contributed by atoms with E-state index in [1.807, 2.05) is 11.4 Å². The van der Waals surface area contributed by atoms with Crippen molar-refractivity contribution in [2.24, 2.45) is 5.92 Å². The molecule has 1 aromatic rings. The number of methoxy groups -OCH3 is 1. The predicted molar refractivity (Wildman–Crippen MR) is 71.7 cm³/mol. The van der Waals surface area contributed by atoms with E-state index in [9.17, 15) is 5.11 Å². The van der Waals surface area contributed by atoms with Gasteiger partial charge in [0.15, 0.2) is 0 Å². The van der Waals surface area contributed by atoms with Gasteiger partial charge in [-0.05, 0) is 30.2 Å². The summed E-state index contributed by atoms with van der Waals surface area (Å²) in [5.74, 6) is 0.595. The molecule has 1 aromatic heterocycles. The van der Waals surface area contributed by atoms with Gasteiger partial charge < -0.3 is 9.84 Å². The second-order valence-electron chi connectivity index (χ2n) is 5.01. The van der Waals surface area contributed by atoms with Gasteiger partial charge in [-0.25, -0.2) is 0 Å². The Morgan fingerprint density at radius 2 is 2.41 bits per heavy atom. The maximum atomic E-state index is 10.6. The van der Waals surface area contributed by atoms with Gasteiger partial charge in [0, 0.05) is 7.11 Å². The van der Waals surface area contributed by atoms with Crippen molar-refractivity contribution in [3.8, 4) is 0 Å². The first-order chi connectivity index (χ1) is 8.09. The standard InChI is InChI=1S/C13H19ClO2S/c1-9-4-3-6-13(8-9,16-2)12(15)11-10(14)5-7-17-11/h5,7,9,12,15H,3-4,6,8H2,1-2H3. The van der Waals surface area contributed by atoms with Crippen LogP contribution in [-0.4, -0.2) is 17.8 Å². The van der Waals surface area contributed by atoms with Crippen LogP contribution in [0.4, 0.5) is 0 Å². The number of rotatable bonds is 3. The smallest absolute Gasteiger partial charge is 0.118 e. The van der Waals surface area contributed by atoms with Crippen molar-refractivity contribution in [2.75, 3.05) is 7.11 Å². The maximum Gasteiger partial charge on any atom is 0.118 e. The average Bonchev–Trinajstić information content (AvgIpc) is 2.74. The SMILES string of the molecule is COC1(C(O)c2sccc2Cl)CCCC(C)C1. The Balaban J connectivity index is 2.26. The van der Waals surface area contributed by atoms with E-state index in [-0.39, 0.29) is 0 Å². The highest BCUT2D eigenvalue weighted by Gasteiger charge is 2.43. The van der Waals surface area contributed by atoms with Crippen molar-refractivity contribution >= 4 is 22.9 Å². The fourth-order valence-electron chi connectivity index (χ4n) is 2.83. The van der Waals surface area contributed by atoms with E-state index in [2.05, 4.69) is 6.92 Å². The number of hydrogen-bond donors (Lipinski definition) is 1. The Morgan fingerprint density at radius 3 is 2.94 bits per heavy atom. The molecule has 0 aromatic carbocycles. The predicted octanol–water partition coefficient (Wildman–Crippen LogP) is 4.03. The molecule has 1 fully saturated rings. The molecule has 3 unspecified atom stereocenters. The van der Waals surface area contributed by atoms with E-state index in [0.717, 1.165) is 24.1 Å². The zero-order chi connectivity index (χ0) is 12.5. The molecular weight excluding hydrogens is 256 g/mol. The fraction of sp³-hybridized carbons (Fsp3) is 0.692. The van der Waals surface area contributed by atoms with Crippen LogP contribution in [0.15, 0.2) is 11.4 Å². The highest BCUT2D eigenvalue weighted by Crippen LogP contribution is 2.45. The molecule has 0 bridgehead atoms. The van der Waals surface area contributed by atoms with Gasteiger partial charge in [0.05, 0.1) is 15.5 Å². The topological polar surface area (TPSA) is 29.5 Å². The summed E-state index contributed by atoms with van der Waals surface area (Å²) in [5.41, 5.74) is -0.452. The van der Waals surface area contributed by atoms with Crippen molar-refractivity contribution in [2.45, 2.75) is 44.3 Å². The monoisotopic (exact) mass is 274 g/mol. The van der Waals surface area contributed by atoms with E-state index in [4.69, 9.17) is 16.3 Å². The second kappa shape index (κ2) is 5.27. The van der Waals surface area contributed by atoms with E-state index in [0.29, 0.717) is 10.9 Å². The molecule has 1 aliphatic rings. The summed E-state index contributed by atoms with van der Waals surface area (Å²) >= 11 is 7.61. The number of thiophene rings is 1. The van der Waals surface area contributed by atoms with Crippen LogP contribution >= 0.6 is 22.9 Å². The van der Waals surface area contributed by atoms with E-state index < -0.39 is 11.7 Å². The van der Waals surface area contributed by atoms with Crippen LogP contribution in [0.2, 0.25) is 5.02 Å². The fourth-order valence-corrected chi connectivity index (χ4v) is 4.08. The number of hydrogen-bond acceptors (Lipinski definition) is 3. The van der Waals surface area contributed by atoms with Crippen LogP contribution in [0.25, 0.3) is 0 Å². The molecule has 1 N–H and O–H groups in total. The van der Waals surface area contributed by atoms with Gasteiger partial charge in [-0.1, -0.05) is 31.4 Å². The van der Waals surface area contributed by atoms with Crippen LogP contribution in [0, 0.1) is 5.92 Å². The number of aliphatic hydroxyl groups is 1. The average molecular weight is 275 g/mol. The summed E-state index contributed by atoms with van der Waals surface area (Å²) in [4.78, 5) is 0.836. The molecule has 0 aliphatic heterocycles. The Labute approximate surface area is 112 Å². The Kier molecular flexibility index (Phi) is 4.14. The molecule has 1 aliphatic carbocycles. The molecule has 0 amide bonds. The lowest BCUT2D eigenvalue weighted by molar-refractivity contribution is -0.132. The third kappa shape index (κ3) is 2.53. The van der Waals surface area contributed by atoms with Gasteiger partial charge in [-0.15, -0.1) is 11.3 Å². The van der Waals surface area contributed by atoms with Crippen LogP contribution in [0.1, 0.15) is 43.6 Å². The molecule has 96 valence electrons. The first-order valence-corrected chi connectivity index (χ1v) is 7.31. The molecule has 0 saturated heterocycles. The summed E-state index contributed by atoms with van der Waals surface area (Å²) in [6, 6.07) is 1.83. The largest absolute Gasteiger partial charge is 0.384 e. The minimum absolute atomic E-state index is 0.452. The lowest BCUT2D eigenvalue weighted by atomic mass is 9.75. The molecule has 17 heavy (non-hydrogen) atoms. The van der Waals surface area contributed by atoms with Crippen molar-refractivity contribution in [3.05, 3.63) is 21.3 Å². The third-order valence-corrected chi connectivity index (χ3v) is 5.20. The highest BCUT2D eigenvalue weighted by atomic mass is 35.5. The number of halogens is 1. The molecule has 2 nitrogen and oxygen atoms in total. The zero-order valence-corrected chi connectivity index (χ0v) is 11.9. The number of aliphatic hydroxyl groups excluding tert-OH is 1. The summed E-state index contributed by atoms with van der Waals surface area (Å²) in [5, 5.41) is 13.1. The van der Waals surface area contributed by atoms with Crippen LogP contribution < -0.4 is 0 Å². The van der Waals surface area contributed by atoms with Gasteiger partial charge in [0.1, 0.15) is 6.10 Å². The van der Waals surface area contributed by atoms with Crippen molar-refractivity contribution in [3.63, 3.8) is 0 Å². The first kappa shape index (κ1) is 13.3. The second-order valence-corrected chi connectivity index (χ2v) is 6.36.